The molecule has 1 aromatic carbocycles. The van der Waals surface area contributed by atoms with Crippen molar-refractivity contribution in [2.75, 3.05) is 0 Å². The zero-order chi connectivity index (χ0) is 14.4. The minimum Gasteiger partial charge on any atom is -0.383 e. The highest BCUT2D eigenvalue weighted by Crippen LogP contribution is 2.52. The molecule has 2 bridgehead atoms. The van der Waals surface area contributed by atoms with Crippen LogP contribution in [0.1, 0.15) is 36.6 Å². The molecule has 1 heterocycles. The normalized spacial score (nSPS) is 31.0. The number of hydrogen-bond donors (Lipinski definition) is 1. The molecule has 2 aliphatic carbocycles. The molecule has 4 rings (SSSR count). The van der Waals surface area contributed by atoms with Gasteiger partial charge in [-0.25, -0.2) is 0 Å². The molecule has 0 amide bonds. The van der Waals surface area contributed by atoms with Crippen molar-refractivity contribution in [3.63, 3.8) is 0 Å². The van der Waals surface area contributed by atoms with E-state index in [1.165, 1.54) is 11.1 Å². The fourth-order valence-electron chi connectivity index (χ4n) is 4.52. The van der Waals surface area contributed by atoms with E-state index in [9.17, 15) is 5.11 Å². The summed E-state index contributed by atoms with van der Waals surface area (Å²) in [6.45, 7) is 2.91. The monoisotopic (exact) mass is 282 g/mol. The third-order valence-corrected chi connectivity index (χ3v) is 5.59. The first-order chi connectivity index (χ1) is 10.2. The van der Waals surface area contributed by atoms with Crippen LogP contribution in [0.2, 0.25) is 0 Å². The van der Waals surface area contributed by atoms with Gasteiger partial charge in [-0.2, -0.15) is 5.10 Å². The second-order valence-electron chi connectivity index (χ2n) is 6.51. The summed E-state index contributed by atoms with van der Waals surface area (Å²) in [4.78, 5) is 0. The minimum atomic E-state index is -0.717. The molecule has 2 aromatic rings. The summed E-state index contributed by atoms with van der Waals surface area (Å²) in [5, 5.41) is 16.0. The van der Waals surface area contributed by atoms with E-state index in [0.717, 1.165) is 37.9 Å². The van der Waals surface area contributed by atoms with Crippen LogP contribution in [0.15, 0.2) is 36.5 Å². The van der Waals surface area contributed by atoms with E-state index >= 15 is 0 Å². The molecule has 110 valence electrons. The molecule has 0 radical (unpaired) electrons. The molecule has 0 aliphatic heterocycles. The third-order valence-electron chi connectivity index (χ3n) is 5.59. The van der Waals surface area contributed by atoms with Crippen LogP contribution in [0.25, 0.3) is 0 Å². The van der Waals surface area contributed by atoms with Crippen molar-refractivity contribution >= 4 is 0 Å². The lowest BCUT2D eigenvalue weighted by Crippen LogP contribution is -2.39. The van der Waals surface area contributed by atoms with Crippen molar-refractivity contribution in [2.45, 2.75) is 44.8 Å². The summed E-state index contributed by atoms with van der Waals surface area (Å²) in [7, 11) is 0. The first-order valence-electron chi connectivity index (χ1n) is 8.05. The molecular weight excluding hydrogens is 260 g/mol. The Labute approximate surface area is 125 Å². The Morgan fingerprint density at radius 2 is 1.76 bits per heavy atom. The number of aryl methyl sites for hydroxylation is 1. The fourth-order valence-corrected chi connectivity index (χ4v) is 4.52. The average molecular weight is 282 g/mol. The Morgan fingerprint density at radius 3 is 2.33 bits per heavy atom. The van der Waals surface area contributed by atoms with Crippen LogP contribution in [-0.2, 0) is 25.0 Å². The molecule has 0 spiro atoms. The standard InChI is InChI=1S/C18H22N2O/c1-2-20-17(9-10-19-20)18(21)15-7-8-16(18)12-14-6-4-3-5-13(14)11-15/h3-6,9-10,15-16,21H,2,7-8,11-12H2,1H3. The quantitative estimate of drug-likeness (QED) is 0.919. The molecule has 1 fully saturated rings. The summed E-state index contributed by atoms with van der Waals surface area (Å²) < 4.78 is 1.97. The summed E-state index contributed by atoms with van der Waals surface area (Å²) in [6, 6.07) is 10.7. The van der Waals surface area contributed by atoms with Crippen molar-refractivity contribution in [2.24, 2.45) is 11.8 Å². The highest BCUT2D eigenvalue weighted by Gasteiger charge is 2.52. The van der Waals surface area contributed by atoms with Crippen molar-refractivity contribution in [1.82, 2.24) is 9.78 Å². The van der Waals surface area contributed by atoms with Gasteiger partial charge >= 0.3 is 0 Å². The number of rotatable bonds is 2. The van der Waals surface area contributed by atoms with Gasteiger partial charge in [0.2, 0.25) is 0 Å². The third kappa shape index (κ3) is 1.80. The fraction of sp³-hybridized carbons (Fsp3) is 0.500. The summed E-state index contributed by atoms with van der Waals surface area (Å²) in [5.41, 5.74) is 3.15. The number of fused-ring (bicyclic) bond motifs is 3. The predicted octanol–water partition coefficient (Wildman–Crippen LogP) is 2.92. The van der Waals surface area contributed by atoms with Crippen LogP contribution in [-0.4, -0.2) is 14.9 Å². The number of benzene rings is 1. The highest BCUT2D eigenvalue weighted by atomic mass is 16.3. The predicted molar refractivity (Wildman–Crippen MR) is 81.9 cm³/mol. The summed E-state index contributed by atoms with van der Waals surface area (Å²) >= 11 is 0. The molecule has 3 heteroatoms. The lowest BCUT2D eigenvalue weighted by molar-refractivity contribution is -0.0470. The van der Waals surface area contributed by atoms with Crippen molar-refractivity contribution in [3.8, 4) is 0 Å². The van der Waals surface area contributed by atoms with Gasteiger partial charge in [0.1, 0.15) is 5.60 Å². The van der Waals surface area contributed by atoms with Crippen LogP contribution in [0, 0.1) is 11.8 Å². The van der Waals surface area contributed by atoms with E-state index in [-0.39, 0.29) is 0 Å². The Morgan fingerprint density at radius 1 is 1.14 bits per heavy atom. The van der Waals surface area contributed by atoms with Gasteiger partial charge in [-0.05, 0) is 61.6 Å². The molecule has 21 heavy (non-hydrogen) atoms. The van der Waals surface area contributed by atoms with Gasteiger partial charge in [-0.1, -0.05) is 24.3 Å². The van der Waals surface area contributed by atoms with Crippen molar-refractivity contribution in [1.29, 1.82) is 0 Å². The minimum absolute atomic E-state index is 0.313. The zero-order valence-corrected chi connectivity index (χ0v) is 12.5. The molecule has 2 aliphatic rings. The molecule has 2 atom stereocenters. The van der Waals surface area contributed by atoms with Gasteiger partial charge in [0, 0.05) is 12.7 Å². The summed E-state index contributed by atoms with van der Waals surface area (Å²) in [6.07, 6.45) is 6.03. The van der Waals surface area contributed by atoms with Gasteiger partial charge in [-0.15, -0.1) is 0 Å². The largest absolute Gasteiger partial charge is 0.383 e. The maximum atomic E-state index is 11.6. The average Bonchev–Trinajstić information content (AvgIpc) is 3.04. The van der Waals surface area contributed by atoms with E-state index < -0.39 is 5.60 Å². The summed E-state index contributed by atoms with van der Waals surface area (Å²) in [5.74, 6) is 0.626. The molecule has 1 saturated carbocycles. The van der Waals surface area contributed by atoms with E-state index in [0.29, 0.717) is 11.8 Å². The smallest absolute Gasteiger partial charge is 0.112 e. The maximum absolute atomic E-state index is 11.6. The van der Waals surface area contributed by atoms with Crippen molar-refractivity contribution < 1.29 is 5.11 Å². The van der Waals surface area contributed by atoms with E-state index in [1.54, 1.807) is 0 Å². The number of nitrogens with zero attached hydrogens (tertiary/aromatic N) is 2. The van der Waals surface area contributed by atoms with Gasteiger partial charge in [0.05, 0.1) is 5.69 Å². The Bertz CT molecular complexity index is 628. The van der Waals surface area contributed by atoms with Crippen LogP contribution in [0.5, 0.6) is 0 Å². The zero-order valence-electron chi connectivity index (χ0n) is 12.5. The topological polar surface area (TPSA) is 38.0 Å². The van der Waals surface area contributed by atoms with Crippen molar-refractivity contribution in [3.05, 3.63) is 53.3 Å². The van der Waals surface area contributed by atoms with Crippen LogP contribution >= 0.6 is 0 Å². The SMILES string of the molecule is CCn1nccc1C1(O)C2CCC1Cc1ccccc1C2. The second kappa shape index (κ2) is 4.70. The molecular formula is C18H22N2O. The van der Waals surface area contributed by atoms with E-state index in [2.05, 4.69) is 36.3 Å². The van der Waals surface area contributed by atoms with Crippen LogP contribution in [0.4, 0.5) is 0 Å². The molecule has 1 aromatic heterocycles. The Balaban J connectivity index is 1.81. The first-order valence-corrected chi connectivity index (χ1v) is 8.05. The van der Waals surface area contributed by atoms with Crippen LogP contribution < -0.4 is 0 Å². The first kappa shape index (κ1) is 13.1. The lowest BCUT2D eigenvalue weighted by Gasteiger charge is -2.34. The van der Waals surface area contributed by atoms with Gasteiger partial charge in [0.25, 0.3) is 0 Å². The second-order valence-corrected chi connectivity index (χ2v) is 6.51. The van der Waals surface area contributed by atoms with Gasteiger partial charge in [-0.3, -0.25) is 4.68 Å². The molecule has 3 nitrogen and oxygen atoms in total. The van der Waals surface area contributed by atoms with E-state index in [4.69, 9.17) is 0 Å². The Hall–Kier alpha value is -1.61. The lowest BCUT2D eigenvalue weighted by atomic mass is 9.79. The van der Waals surface area contributed by atoms with Gasteiger partial charge < -0.3 is 5.11 Å². The Kier molecular flexibility index (Phi) is 2.93. The number of aromatic nitrogens is 2. The number of hydrogen-bond acceptors (Lipinski definition) is 2. The highest BCUT2D eigenvalue weighted by molar-refractivity contribution is 5.33. The molecule has 1 N–H and O–H groups in total. The maximum Gasteiger partial charge on any atom is 0.112 e. The van der Waals surface area contributed by atoms with E-state index in [1.807, 2.05) is 16.9 Å². The van der Waals surface area contributed by atoms with Crippen LogP contribution in [0.3, 0.4) is 0 Å². The molecule has 0 saturated heterocycles. The molecule has 2 unspecified atom stereocenters. The van der Waals surface area contributed by atoms with Gasteiger partial charge in [0.15, 0.2) is 0 Å². The number of aliphatic hydroxyl groups is 1.